The summed E-state index contributed by atoms with van der Waals surface area (Å²) in [5.41, 5.74) is 1.63. The molecule has 1 aliphatic rings. The second-order valence-corrected chi connectivity index (χ2v) is 5.87. The van der Waals surface area contributed by atoms with Gasteiger partial charge < -0.3 is 9.53 Å². The van der Waals surface area contributed by atoms with Gasteiger partial charge in [0.15, 0.2) is 0 Å². The summed E-state index contributed by atoms with van der Waals surface area (Å²) in [7, 11) is 1.69. The van der Waals surface area contributed by atoms with Crippen molar-refractivity contribution >= 4 is 5.78 Å². The lowest BCUT2D eigenvalue weighted by Gasteiger charge is -2.13. The molecule has 1 saturated carbocycles. The molecule has 0 aliphatic heterocycles. The summed E-state index contributed by atoms with van der Waals surface area (Å²) in [5.74, 6) is 2.57. The number of carbonyl (C=O) groups is 1. The maximum Gasteiger partial charge on any atom is 0.129 e. The Morgan fingerprint density at radius 2 is 1.89 bits per heavy atom. The molecule has 2 nitrogen and oxygen atoms in total. The zero-order valence-corrected chi connectivity index (χ0v) is 12.4. The van der Waals surface area contributed by atoms with Gasteiger partial charge in [-0.1, -0.05) is 32.4 Å². The maximum atomic E-state index is 11.2. The van der Waals surface area contributed by atoms with Gasteiger partial charge in [-0.05, 0) is 48.3 Å². The van der Waals surface area contributed by atoms with E-state index in [0.29, 0.717) is 24.0 Å². The summed E-state index contributed by atoms with van der Waals surface area (Å²) in [6.45, 7) is 6.28. The third-order valence-electron chi connectivity index (χ3n) is 4.88. The van der Waals surface area contributed by atoms with Crippen LogP contribution in [0.4, 0.5) is 0 Å². The van der Waals surface area contributed by atoms with Crippen molar-refractivity contribution in [2.45, 2.75) is 45.4 Å². The normalized spacial score (nSPS) is 29.1. The van der Waals surface area contributed by atoms with Crippen LogP contribution in [0, 0.1) is 11.8 Å². The van der Waals surface area contributed by atoms with Crippen molar-refractivity contribution in [2.24, 2.45) is 11.8 Å². The van der Waals surface area contributed by atoms with Crippen LogP contribution >= 0.6 is 0 Å². The highest BCUT2D eigenvalue weighted by Crippen LogP contribution is 2.63. The average molecular weight is 260 g/mol. The van der Waals surface area contributed by atoms with E-state index in [9.17, 15) is 4.79 Å². The number of methoxy groups -OCH3 is 1. The molecule has 3 atom stereocenters. The highest BCUT2D eigenvalue weighted by molar-refractivity contribution is 5.75. The second kappa shape index (κ2) is 5.36. The molecule has 0 unspecified atom stereocenters. The number of hydrogen-bond acceptors (Lipinski definition) is 2. The highest BCUT2D eigenvalue weighted by atomic mass is 16.5. The number of benzene rings is 1. The first-order valence-corrected chi connectivity index (χ1v) is 7.18. The summed E-state index contributed by atoms with van der Waals surface area (Å²) in [6.07, 6.45) is 2.92. The van der Waals surface area contributed by atoms with E-state index in [1.807, 2.05) is 12.1 Å². The maximum absolute atomic E-state index is 11.2. The van der Waals surface area contributed by atoms with Gasteiger partial charge in [0, 0.05) is 6.42 Å². The number of Topliss-reactive ketones (excluding diaryl/α,β-unsaturated/α-hetero) is 1. The summed E-state index contributed by atoms with van der Waals surface area (Å²) < 4.78 is 5.22. The first kappa shape index (κ1) is 14.1. The average Bonchev–Trinajstić information content (AvgIpc) is 3.01. The molecule has 0 bridgehead atoms. The molecule has 1 fully saturated rings. The van der Waals surface area contributed by atoms with Gasteiger partial charge in [-0.25, -0.2) is 0 Å². The second-order valence-electron chi connectivity index (χ2n) is 5.87. The van der Waals surface area contributed by atoms with Crippen molar-refractivity contribution in [3.8, 4) is 5.75 Å². The molecule has 0 radical (unpaired) electrons. The van der Waals surface area contributed by atoms with Crippen molar-refractivity contribution in [1.29, 1.82) is 0 Å². The van der Waals surface area contributed by atoms with Gasteiger partial charge in [0.05, 0.1) is 7.11 Å². The number of rotatable bonds is 6. The minimum atomic E-state index is 0.246. The van der Waals surface area contributed by atoms with Crippen LogP contribution < -0.4 is 4.74 Å². The molecule has 0 heterocycles. The van der Waals surface area contributed by atoms with E-state index in [1.54, 1.807) is 14.0 Å². The molecule has 0 saturated heterocycles. The lowest BCUT2D eigenvalue weighted by atomic mass is 9.92. The third-order valence-corrected chi connectivity index (χ3v) is 4.88. The minimum Gasteiger partial charge on any atom is -0.497 e. The lowest BCUT2D eigenvalue weighted by molar-refractivity contribution is -0.117. The zero-order chi connectivity index (χ0) is 14.0. The van der Waals surface area contributed by atoms with Gasteiger partial charge in [-0.3, -0.25) is 0 Å². The predicted octanol–water partition coefficient (Wildman–Crippen LogP) is 3.98. The third kappa shape index (κ3) is 2.54. The van der Waals surface area contributed by atoms with Crippen molar-refractivity contribution in [3.63, 3.8) is 0 Å². The number of ketones is 1. The Kier molecular flexibility index (Phi) is 3.98. The van der Waals surface area contributed by atoms with Crippen LogP contribution in [0.5, 0.6) is 5.75 Å². The predicted molar refractivity (Wildman–Crippen MR) is 77.5 cm³/mol. The van der Waals surface area contributed by atoms with Crippen LogP contribution in [0.2, 0.25) is 0 Å². The molecule has 2 rings (SSSR count). The number of ether oxygens (including phenoxy) is 1. The van der Waals surface area contributed by atoms with E-state index in [-0.39, 0.29) is 5.41 Å². The van der Waals surface area contributed by atoms with Gasteiger partial charge in [-0.15, -0.1) is 0 Å². The van der Waals surface area contributed by atoms with Crippen molar-refractivity contribution in [3.05, 3.63) is 29.8 Å². The molecule has 1 aromatic carbocycles. The van der Waals surface area contributed by atoms with Crippen LogP contribution in [-0.4, -0.2) is 12.9 Å². The Balaban J connectivity index is 2.13. The quantitative estimate of drug-likeness (QED) is 0.773. The molecular weight excluding hydrogens is 236 g/mol. The standard InChI is InChI=1S/C17H24O2/c1-5-15-16(11-6-12(2)18)17(15,3)13-7-9-14(19-4)10-8-13/h7-10,15-16H,5-6,11H2,1-4H3/t15-,16+,17+/m1/s1. The molecule has 0 spiro atoms. The highest BCUT2D eigenvalue weighted by Gasteiger charge is 2.59. The fourth-order valence-electron chi connectivity index (χ4n) is 3.64. The lowest BCUT2D eigenvalue weighted by Crippen LogP contribution is -2.07. The van der Waals surface area contributed by atoms with Gasteiger partial charge >= 0.3 is 0 Å². The minimum absolute atomic E-state index is 0.246. The van der Waals surface area contributed by atoms with E-state index in [0.717, 1.165) is 12.2 Å². The van der Waals surface area contributed by atoms with E-state index in [2.05, 4.69) is 26.0 Å². The summed E-state index contributed by atoms with van der Waals surface area (Å²) in [6, 6.07) is 8.42. The monoisotopic (exact) mass is 260 g/mol. The molecule has 0 amide bonds. The van der Waals surface area contributed by atoms with Crippen molar-refractivity contribution < 1.29 is 9.53 Å². The molecule has 0 N–H and O–H groups in total. The summed E-state index contributed by atoms with van der Waals surface area (Å²) >= 11 is 0. The van der Waals surface area contributed by atoms with Crippen molar-refractivity contribution in [2.75, 3.05) is 7.11 Å². The fourth-order valence-corrected chi connectivity index (χ4v) is 3.64. The van der Waals surface area contributed by atoms with Crippen LogP contribution in [0.15, 0.2) is 24.3 Å². The molecule has 1 aliphatic carbocycles. The molecule has 1 aromatic rings. The smallest absolute Gasteiger partial charge is 0.129 e. The number of hydrogen-bond donors (Lipinski definition) is 0. The SMILES string of the molecule is CC[C@@H]1[C@H](CCC(C)=O)[C@@]1(C)c1ccc(OC)cc1. The Labute approximate surface area is 116 Å². The molecule has 2 heteroatoms. The van der Waals surface area contributed by atoms with Crippen molar-refractivity contribution in [1.82, 2.24) is 0 Å². The van der Waals surface area contributed by atoms with Crippen LogP contribution in [-0.2, 0) is 10.2 Å². The topological polar surface area (TPSA) is 26.3 Å². The van der Waals surface area contributed by atoms with Gasteiger partial charge in [0.25, 0.3) is 0 Å². The van der Waals surface area contributed by atoms with E-state index < -0.39 is 0 Å². The largest absolute Gasteiger partial charge is 0.497 e. The Bertz CT molecular complexity index is 449. The summed E-state index contributed by atoms with van der Waals surface area (Å²) in [5, 5.41) is 0. The van der Waals surface area contributed by atoms with Gasteiger partial charge in [0.2, 0.25) is 0 Å². The first-order chi connectivity index (χ1) is 9.03. The van der Waals surface area contributed by atoms with Gasteiger partial charge in [0.1, 0.15) is 11.5 Å². The van der Waals surface area contributed by atoms with Crippen LogP contribution in [0.25, 0.3) is 0 Å². The first-order valence-electron chi connectivity index (χ1n) is 7.18. The van der Waals surface area contributed by atoms with E-state index >= 15 is 0 Å². The van der Waals surface area contributed by atoms with Crippen LogP contribution in [0.1, 0.15) is 45.6 Å². The zero-order valence-electron chi connectivity index (χ0n) is 12.4. The molecule has 0 aromatic heterocycles. The summed E-state index contributed by atoms with van der Waals surface area (Å²) in [4.78, 5) is 11.2. The Morgan fingerprint density at radius 3 is 2.37 bits per heavy atom. The molecule has 19 heavy (non-hydrogen) atoms. The van der Waals surface area contributed by atoms with E-state index in [1.165, 1.54) is 12.0 Å². The fraction of sp³-hybridized carbons (Fsp3) is 0.588. The molecule has 104 valence electrons. The Morgan fingerprint density at radius 1 is 1.26 bits per heavy atom. The van der Waals surface area contributed by atoms with Gasteiger partial charge in [-0.2, -0.15) is 0 Å². The van der Waals surface area contributed by atoms with Crippen LogP contribution in [0.3, 0.4) is 0 Å². The Hall–Kier alpha value is -1.31. The van der Waals surface area contributed by atoms with E-state index in [4.69, 9.17) is 4.74 Å². The molecular formula is C17H24O2. The number of carbonyl (C=O) groups excluding carboxylic acids is 1.